The third-order valence-corrected chi connectivity index (χ3v) is 12.0. The molecule has 0 saturated heterocycles. The first-order valence-corrected chi connectivity index (χ1v) is 13.5. The Morgan fingerprint density at radius 1 is 1.21 bits per heavy atom. The Hall–Kier alpha value is -1.30. The molecule has 3 fully saturated rings. The summed E-state index contributed by atoms with van der Waals surface area (Å²) in [6.07, 6.45) is 8.79. The maximum Gasteiger partial charge on any atom is 0.155 e. The number of hydrogen-bond acceptors (Lipinski definition) is 5. The summed E-state index contributed by atoms with van der Waals surface area (Å²) in [6.45, 7) is 2.79. The third-order valence-electron chi connectivity index (χ3n) is 10.3. The summed E-state index contributed by atoms with van der Waals surface area (Å²) in [6, 6.07) is 7.00. The predicted molar refractivity (Wildman–Crippen MR) is 133 cm³/mol. The van der Waals surface area contributed by atoms with Crippen LogP contribution in [0.15, 0.2) is 34.7 Å². The lowest BCUT2D eigenvalue weighted by molar-refractivity contribution is -0.149. The predicted octanol–water partition coefficient (Wildman–Crippen LogP) is 5.19. The lowest BCUT2D eigenvalue weighted by Crippen LogP contribution is -2.61. The lowest BCUT2D eigenvalue weighted by atomic mass is 9.46. The van der Waals surface area contributed by atoms with Crippen molar-refractivity contribution in [3.05, 3.63) is 35.4 Å². The van der Waals surface area contributed by atoms with Gasteiger partial charge >= 0.3 is 0 Å². The van der Waals surface area contributed by atoms with E-state index in [1.165, 1.54) is 21.7 Å². The van der Waals surface area contributed by atoms with Crippen molar-refractivity contribution in [2.24, 2.45) is 23.2 Å². The molecule has 1 N–H and O–H groups in total. The zero-order chi connectivity index (χ0) is 23.2. The Morgan fingerprint density at radius 2 is 2.03 bits per heavy atom. The highest BCUT2D eigenvalue weighted by Gasteiger charge is 2.68. The van der Waals surface area contributed by atoms with Crippen LogP contribution in [0.2, 0.25) is 0 Å². The van der Waals surface area contributed by atoms with E-state index in [-0.39, 0.29) is 10.2 Å². The van der Waals surface area contributed by atoms with Crippen LogP contribution in [0.5, 0.6) is 0 Å². The fraction of sp³-hybridized carbons (Fsp3) is 0.679. The van der Waals surface area contributed by atoms with E-state index in [0.717, 1.165) is 38.5 Å². The zero-order valence-corrected chi connectivity index (χ0v) is 21.2. The number of hydrogen-bond donors (Lipinski definition) is 1. The van der Waals surface area contributed by atoms with Gasteiger partial charge in [0, 0.05) is 48.4 Å². The van der Waals surface area contributed by atoms with Crippen LogP contribution >= 0.6 is 11.8 Å². The van der Waals surface area contributed by atoms with Crippen molar-refractivity contribution >= 4 is 23.2 Å². The Balaban J connectivity index is 1.54. The van der Waals surface area contributed by atoms with Gasteiger partial charge in [-0.05, 0) is 91.5 Å². The van der Waals surface area contributed by atoms with E-state index in [1.807, 2.05) is 6.08 Å². The van der Waals surface area contributed by atoms with Crippen molar-refractivity contribution < 1.29 is 14.6 Å². The molecule has 0 bridgehead atoms. The number of ketones is 1. The number of carbonyl (C=O) groups excluding carboxylic acids is 1. The highest BCUT2D eigenvalue weighted by molar-refractivity contribution is 8.01. The van der Waals surface area contributed by atoms with Gasteiger partial charge in [0.25, 0.3) is 0 Å². The Labute approximate surface area is 202 Å². The topological polar surface area (TPSA) is 49.8 Å². The number of fused-ring (bicyclic) bond motifs is 4. The number of methoxy groups -OCH3 is 1. The van der Waals surface area contributed by atoms with Gasteiger partial charge in [0.1, 0.15) is 0 Å². The lowest BCUT2D eigenvalue weighted by Gasteiger charge is -2.64. The first-order valence-electron chi connectivity index (χ1n) is 12.7. The molecule has 6 rings (SSSR count). The maximum atomic E-state index is 12.5. The second-order valence-corrected chi connectivity index (χ2v) is 13.2. The molecular weight excluding hydrogens is 430 g/mol. The summed E-state index contributed by atoms with van der Waals surface area (Å²) in [5, 5.41) is 11.9. The molecule has 3 saturated carbocycles. The smallest absolute Gasteiger partial charge is 0.155 e. The summed E-state index contributed by atoms with van der Waals surface area (Å²) in [5.74, 6) is 2.41. The Kier molecular flexibility index (Phi) is 4.94. The summed E-state index contributed by atoms with van der Waals surface area (Å²) in [5.41, 5.74) is 3.22. The number of ether oxygens (including phenoxy) is 1. The number of nitrogens with zero attached hydrogens (tertiary/aromatic N) is 1. The number of benzene rings is 1. The van der Waals surface area contributed by atoms with Gasteiger partial charge in [0.2, 0.25) is 0 Å². The largest absolute Gasteiger partial charge is 0.387 e. The molecule has 0 unspecified atom stereocenters. The molecule has 1 spiro atoms. The Bertz CT molecular complexity index is 1040. The van der Waals surface area contributed by atoms with Crippen LogP contribution in [-0.2, 0) is 9.53 Å². The minimum atomic E-state index is -0.752. The minimum Gasteiger partial charge on any atom is -0.387 e. The van der Waals surface area contributed by atoms with Crippen LogP contribution in [-0.4, -0.2) is 49.0 Å². The van der Waals surface area contributed by atoms with Crippen LogP contribution in [0.4, 0.5) is 5.69 Å². The molecule has 7 atom stereocenters. The number of anilines is 1. The molecule has 33 heavy (non-hydrogen) atoms. The fourth-order valence-corrected chi connectivity index (χ4v) is 10.6. The molecule has 1 aliphatic heterocycles. The summed E-state index contributed by atoms with van der Waals surface area (Å²) >= 11 is 2.07. The molecule has 1 heterocycles. The highest BCUT2D eigenvalue weighted by Crippen LogP contribution is 2.74. The molecular formula is C28H37NO3S. The second-order valence-electron chi connectivity index (χ2n) is 11.8. The van der Waals surface area contributed by atoms with E-state index < -0.39 is 5.60 Å². The van der Waals surface area contributed by atoms with Gasteiger partial charge < -0.3 is 14.7 Å². The normalized spacial score (nSPS) is 43.2. The highest BCUT2D eigenvalue weighted by atomic mass is 32.2. The van der Waals surface area contributed by atoms with E-state index in [0.29, 0.717) is 42.5 Å². The average molecular weight is 468 g/mol. The molecule has 5 heteroatoms. The van der Waals surface area contributed by atoms with Crippen molar-refractivity contribution in [2.75, 3.05) is 32.7 Å². The number of carbonyl (C=O) groups is 1. The fourth-order valence-electron chi connectivity index (χ4n) is 8.76. The van der Waals surface area contributed by atoms with Gasteiger partial charge in [-0.1, -0.05) is 13.0 Å². The van der Waals surface area contributed by atoms with E-state index in [4.69, 9.17) is 4.74 Å². The first-order chi connectivity index (χ1) is 15.7. The summed E-state index contributed by atoms with van der Waals surface area (Å²) in [4.78, 5) is 16.0. The van der Waals surface area contributed by atoms with Crippen molar-refractivity contribution in [1.29, 1.82) is 0 Å². The van der Waals surface area contributed by atoms with Gasteiger partial charge in [-0.15, -0.1) is 11.8 Å². The molecule has 0 radical (unpaired) electrons. The molecule has 0 aromatic heterocycles. The second kappa shape index (κ2) is 7.35. The van der Waals surface area contributed by atoms with Gasteiger partial charge in [0.05, 0.1) is 12.2 Å². The SMILES string of the molecule is COC[C@]1(O)CC[C@H]2[C@@H]3CCC4=CC(=O)CC[C@@]45Sc4cc(N(C)C)ccc4[C@@H](C[C@@]21C)[C@@H]35. The number of thioether (sulfide) groups is 1. The van der Waals surface area contributed by atoms with Gasteiger partial charge in [0.15, 0.2) is 5.78 Å². The van der Waals surface area contributed by atoms with Crippen LogP contribution < -0.4 is 4.90 Å². The van der Waals surface area contributed by atoms with Crippen molar-refractivity contribution in [3.8, 4) is 0 Å². The van der Waals surface area contributed by atoms with Crippen molar-refractivity contribution in [3.63, 3.8) is 0 Å². The molecule has 1 aromatic carbocycles. The minimum absolute atomic E-state index is 0.0444. The summed E-state index contributed by atoms with van der Waals surface area (Å²) in [7, 11) is 5.93. The average Bonchev–Trinajstić information content (AvgIpc) is 3.04. The molecule has 1 aromatic rings. The van der Waals surface area contributed by atoms with E-state index in [2.05, 4.69) is 55.9 Å². The van der Waals surface area contributed by atoms with Gasteiger partial charge in [-0.25, -0.2) is 0 Å². The quantitative estimate of drug-likeness (QED) is 0.663. The molecule has 178 valence electrons. The number of aliphatic hydroxyl groups is 1. The molecule has 5 aliphatic rings. The first kappa shape index (κ1) is 22.2. The van der Waals surface area contributed by atoms with Crippen LogP contribution in [0.1, 0.15) is 63.4 Å². The standard InChI is InChI=1S/C28H37NO3S/c1-26-15-22-20-8-6-18(29(2)3)14-24(20)33-28-12-9-19(30)13-17(28)5-7-21(25(22)28)23(26)10-11-27(26,31)16-32-4/h6,8,13-14,21-23,25,31H,5,7,9-12,15-16H2,1-4H3/t21-,22+,23-,25+,26-,27+,28+/m0/s1. The van der Waals surface area contributed by atoms with Crippen LogP contribution in [0.25, 0.3) is 0 Å². The van der Waals surface area contributed by atoms with Crippen LogP contribution in [0, 0.1) is 23.2 Å². The van der Waals surface area contributed by atoms with Gasteiger partial charge in [-0.3, -0.25) is 4.79 Å². The van der Waals surface area contributed by atoms with E-state index in [1.54, 1.807) is 7.11 Å². The maximum absolute atomic E-state index is 12.5. The molecule has 4 nitrogen and oxygen atoms in total. The number of rotatable bonds is 3. The van der Waals surface area contributed by atoms with Crippen LogP contribution in [0.3, 0.4) is 0 Å². The van der Waals surface area contributed by atoms with Crippen molar-refractivity contribution in [1.82, 2.24) is 0 Å². The van der Waals surface area contributed by atoms with E-state index in [9.17, 15) is 9.90 Å². The van der Waals surface area contributed by atoms with Crippen molar-refractivity contribution in [2.45, 2.75) is 73.0 Å². The Morgan fingerprint density at radius 3 is 2.79 bits per heavy atom. The molecule has 4 aliphatic carbocycles. The monoisotopic (exact) mass is 467 g/mol. The zero-order valence-electron chi connectivity index (χ0n) is 20.4. The molecule has 0 amide bonds. The van der Waals surface area contributed by atoms with Gasteiger partial charge in [-0.2, -0.15) is 0 Å². The van der Waals surface area contributed by atoms with E-state index >= 15 is 0 Å². The third kappa shape index (κ3) is 2.88. The summed E-state index contributed by atoms with van der Waals surface area (Å²) < 4.78 is 5.63.